The molecular weight excluding hydrogens is 237 g/mol. The first-order valence-corrected chi connectivity index (χ1v) is 5.64. The molecule has 0 aliphatic rings. The van der Waals surface area contributed by atoms with Gasteiger partial charge in [-0.25, -0.2) is 0 Å². The first-order chi connectivity index (χ1) is 6.85. The Morgan fingerprint density at radius 3 is 1.87 bits per heavy atom. The number of ether oxygens (including phenoxy) is 2. The van der Waals surface area contributed by atoms with Crippen molar-refractivity contribution in [2.24, 2.45) is 0 Å². The van der Waals surface area contributed by atoms with Crippen molar-refractivity contribution in [1.82, 2.24) is 4.90 Å². The van der Waals surface area contributed by atoms with E-state index in [4.69, 9.17) is 21.1 Å². The van der Waals surface area contributed by atoms with Gasteiger partial charge in [-0.1, -0.05) is 0 Å². The van der Waals surface area contributed by atoms with E-state index in [1.165, 1.54) is 0 Å². The van der Waals surface area contributed by atoms with Gasteiger partial charge in [-0.3, -0.25) is 4.90 Å². The summed E-state index contributed by atoms with van der Waals surface area (Å²) in [4.78, 5) is 2.35. The van der Waals surface area contributed by atoms with E-state index < -0.39 is 0 Å². The molecule has 0 N–H and O–H groups in total. The van der Waals surface area contributed by atoms with Gasteiger partial charge in [-0.05, 0) is 19.4 Å². The van der Waals surface area contributed by atoms with Crippen LogP contribution in [-0.4, -0.2) is 57.8 Å². The predicted octanol–water partition coefficient (Wildman–Crippen LogP) is 2.02. The lowest BCUT2D eigenvalue weighted by molar-refractivity contribution is 0.113. The standard InChI is InChI=1S/C10H22ClNO2.ClH/c1-13-9-7-12(8-10-14-2)6-4-3-5-11;/h3-10H2,1-2H3;1H. The summed E-state index contributed by atoms with van der Waals surface area (Å²) in [5.74, 6) is 0.752. The van der Waals surface area contributed by atoms with Crippen molar-refractivity contribution < 1.29 is 9.47 Å². The van der Waals surface area contributed by atoms with Crippen LogP contribution in [0.15, 0.2) is 0 Å². The van der Waals surface area contributed by atoms with Crippen LogP contribution in [0.5, 0.6) is 0 Å². The van der Waals surface area contributed by atoms with Gasteiger partial charge >= 0.3 is 0 Å². The van der Waals surface area contributed by atoms with Crippen molar-refractivity contribution in [3.63, 3.8) is 0 Å². The minimum absolute atomic E-state index is 0. The van der Waals surface area contributed by atoms with Crippen molar-refractivity contribution in [3.05, 3.63) is 0 Å². The second-order valence-corrected chi connectivity index (χ2v) is 3.60. The third kappa shape index (κ3) is 12.4. The van der Waals surface area contributed by atoms with Gasteiger partial charge in [-0.15, -0.1) is 24.0 Å². The highest BCUT2D eigenvalue weighted by molar-refractivity contribution is 6.17. The molecule has 0 unspecified atom stereocenters. The van der Waals surface area contributed by atoms with Gasteiger partial charge in [0.15, 0.2) is 0 Å². The topological polar surface area (TPSA) is 21.7 Å². The van der Waals surface area contributed by atoms with E-state index in [-0.39, 0.29) is 12.4 Å². The van der Waals surface area contributed by atoms with Gasteiger partial charge < -0.3 is 9.47 Å². The van der Waals surface area contributed by atoms with E-state index in [9.17, 15) is 0 Å². The minimum Gasteiger partial charge on any atom is -0.383 e. The van der Waals surface area contributed by atoms with Crippen LogP contribution < -0.4 is 0 Å². The third-order valence-corrected chi connectivity index (χ3v) is 2.35. The van der Waals surface area contributed by atoms with E-state index in [1.54, 1.807) is 14.2 Å². The molecule has 94 valence electrons. The summed E-state index contributed by atoms with van der Waals surface area (Å²) in [5, 5.41) is 0. The summed E-state index contributed by atoms with van der Waals surface area (Å²) in [7, 11) is 3.46. The van der Waals surface area contributed by atoms with Crippen molar-refractivity contribution in [3.8, 4) is 0 Å². The maximum Gasteiger partial charge on any atom is 0.0589 e. The lowest BCUT2D eigenvalue weighted by atomic mass is 10.3. The lowest BCUT2D eigenvalue weighted by Crippen LogP contribution is -2.31. The van der Waals surface area contributed by atoms with E-state index in [2.05, 4.69) is 4.90 Å². The zero-order chi connectivity index (χ0) is 10.6. The normalized spacial score (nSPS) is 10.4. The number of rotatable bonds is 10. The SMILES string of the molecule is COCCN(CCCCCl)CCOC.Cl. The van der Waals surface area contributed by atoms with Crippen LogP contribution in [0.2, 0.25) is 0 Å². The summed E-state index contributed by atoms with van der Waals surface area (Å²) in [5.41, 5.74) is 0. The summed E-state index contributed by atoms with van der Waals surface area (Å²) in [6, 6.07) is 0. The molecule has 0 aromatic heterocycles. The molecular formula is C10H23Cl2NO2. The molecule has 15 heavy (non-hydrogen) atoms. The predicted molar refractivity (Wildman–Crippen MR) is 67.4 cm³/mol. The number of hydrogen-bond donors (Lipinski definition) is 0. The molecule has 0 saturated carbocycles. The smallest absolute Gasteiger partial charge is 0.0589 e. The molecule has 0 aliphatic carbocycles. The Labute approximate surface area is 104 Å². The fourth-order valence-electron chi connectivity index (χ4n) is 1.21. The molecule has 0 rings (SSSR count). The number of nitrogens with zero attached hydrogens (tertiary/aromatic N) is 1. The summed E-state index contributed by atoms with van der Waals surface area (Å²) in [6.07, 6.45) is 2.23. The highest BCUT2D eigenvalue weighted by atomic mass is 35.5. The second kappa shape index (κ2) is 14.5. The molecule has 0 heterocycles. The Hall–Kier alpha value is 0.460. The average molecular weight is 260 g/mol. The Morgan fingerprint density at radius 2 is 1.47 bits per heavy atom. The van der Waals surface area contributed by atoms with Crippen LogP contribution in [0.4, 0.5) is 0 Å². The zero-order valence-corrected chi connectivity index (χ0v) is 11.3. The number of hydrogen-bond acceptors (Lipinski definition) is 3. The Balaban J connectivity index is 0. The molecule has 0 aromatic rings. The van der Waals surface area contributed by atoms with Gasteiger partial charge in [0.2, 0.25) is 0 Å². The summed E-state index contributed by atoms with van der Waals surface area (Å²) >= 11 is 5.63. The number of alkyl halides is 1. The van der Waals surface area contributed by atoms with E-state index in [0.29, 0.717) is 0 Å². The number of methoxy groups -OCH3 is 2. The van der Waals surface area contributed by atoms with Crippen molar-refractivity contribution >= 4 is 24.0 Å². The van der Waals surface area contributed by atoms with Crippen molar-refractivity contribution in [1.29, 1.82) is 0 Å². The van der Waals surface area contributed by atoms with Gasteiger partial charge in [-0.2, -0.15) is 0 Å². The van der Waals surface area contributed by atoms with Crippen LogP contribution in [0.25, 0.3) is 0 Å². The van der Waals surface area contributed by atoms with Crippen LogP contribution in [-0.2, 0) is 9.47 Å². The van der Waals surface area contributed by atoms with E-state index in [0.717, 1.165) is 51.6 Å². The molecule has 0 fully saturated rings. The number of halogens is 2. The maximum atomic E-state index is 5.63. The quantitative estimate of drug-likeness (QED) is 0.443. The van der Waals surface area contributed by atoms with Crippen LogP contribution >= 0.6 is 24.0 Å². The van der Waals surface area contributed by atoms with Crippen LogP contribution in [0.3, 0.4) is 0 Å². The largest absolute Gasteiger partial charge is 0.383 e. The Morgan fingerprint density at radius 1 is 0.933 bits per heavy atom. The van der Waals surface area contributed by atoms with E-state index in [1.807, 2.05) is 0 Å². The molecule has 0 radical (unpaired) electrons. The fourth-order valence-corrected chi connectivity index (χ4v) is 1.40. The average Bonchev–Trinajstić information content (AvgIpc) is 2.21. The highest BCUT2D eigenvalue weighted by Gasteiger charge is 2.03. The fraction of sp³-hybridized carbons (Fsp3) is 1.00. The van der Waals surface area contributed by atoms with Gasteiger partial charge in [0.05, 0.1) is 13.2 Å². The molecule has 5 heteroatoms. The van der Waals surface area contributed by atoms with Gasteiger partial charge in [0.1, 0.15) is 0 Å². The molecule has 0 amide bonds. The third-order valence-electron chi connectivity index (χ3n) is 2.08. The van der Waals surface area contributed by atoms with Gasteiger partial charge in [0.25, 0.3) is 0 Å². The van der Waals surface area contributed by atoms with Crippen LogP contribution in [0.1, 0.15) is 12.8 Å². The maximum absolute atomic E-state index is 5.63. The van der Waals surface area contributed by atoms with Crippen molar-refractivity contribution in [2.75, 3.05) is 52.9 Å². The first kappa shape index (κ1) is 17.8. The van der Waals surface area contributed by atoms with Crippen molar-refractivity contribution in [2.45, 2.75) is 12.8 Å². The summed E-state index contributed by atoms with van der Waals surface area (Å²) in [6.45, 7) is 4.60. The van der Waals surface area contributed by atoms with Crippen LogP contribution in [0, 0.1) is 0 Å². The monoisotopic (exact) mass is 259 g/mol. The van der Waals surface area contributed by atoms with Gasteiger partial charge in [0, 0.05) is 33.2 Å². The van der Waals surface area contributed by atoms with E-state index >= 15 is 0 Å². The molecule has 3 nitrogen and oxygen atoms in total. The first-order valence-electron chi connectivity index (χ1n) is 5.11. The number of unbranched alkanes of at least 4 members (excludes halogenated alkanes) is 1. The zero-order valence-electron chi connectivity index (χ0n) is 9.71. The molecule has 0 bridgehead atoms. The Bertz CT molecular complexity index is 110. The minimum atomic E-state index is 0. The summed E-state index contributed by atoms with van der Waals surface area (Å²) < 4.78 is 10.1. The molecule has 0 aliphatic heterocycles. The lowest BCUT2D eigenvalue weighted by Gasteiger charge is -2.21. The molecule has 0 spiro atoms. The Kier molecular flexibility index (Phi) is 17.2. The highest BCUT2D eigenvalue weighted by Crippen LogP contribution is 1.97. The molecule has 0 aromatic carbocycles. The molecule has 0 saturated heterocycles. The second-order valence-electron chi connectivity index (χ2n) is 3.22. The molecule has 0 atom stereocenters.